The highest BCUT2D eigenvalue weighted by Gasteiger charge is 2.24. The molecule has 2 N–H and O–H groups in total. The van der Waals surface area contributed by atoms with E-state index in [1.165, 1.54) is 0 Å². The molecule has 1 amide bonds. The fourth-order valence-electron chi connectivity index (χ4n) is 3.49. The maximum absolute atomic E-state index is 12.1. The fraction of sp³-hybridized carbons (Fsp3) is 0.556. The topological polar surface area (TPSA) is 68.2 Å². The third-order valence-corrected chi connectivity index (χ3v) is 4.82. The van der Waals surface area contributed by atoms with Crippen molar-refractivity contribution in [1.82, 2.24) is 10.6 Å². The highest BCUT2D eigenvalue weighted by Crippen LogP contribution is 2.23. The normalized spacial score (nSPS) is 24.2. The predicted molar refractivity (Wildman–Crippen MR) is 90.1 cm³/mol. The van der Waals surface area contributed by atoms with E-state index in [4.69, 9.17) is 5.26 Å². The molecule has 5 nitrogen and oxygen atoms in total. The van der Waals surface area contributed by atoms with E-state index in [-0.39, 0.29) is 11.9 Å². The van der Waals surface area contributed by atoms with Gasteiger partial charge in [0.2, 0.25) is 5.91 Å². The smallest absolute Gasteiger partial charge is 0.237 e. The van der Waals surface area contributed by atoms with Crippen LogP contribution in [0.2, 0.25) is 0 Å². The van der Waals surface area contributed by atoms with Crippen molar-refractivity contribution in [2.75, 3.05) is 31.1 Å². The van der Waals surface area contributed by atoms with Gasteiger partial charge in [-0.25, -0.2) is 0 Å². The lowest BCUT2D eigenvalue weighted by molar-refractivity contribution is -0.122. The molecule has 0 bridgehead atoms. The largest absolute Gasteiger partial charge is 0.371 e. The van der Waals surface area contributed by atoms with E-state index in [1.807, 2.05) is 24.3 Å². The van der Waals surface area contributed by atoms with Gasteiger partial charge in [0.05, 0.1) is 17.7 Å². The van der Waals surface area contributed by atoms with Gasteiger partial charge in [-0.3, -0.25) is 4.79 Å². The van der Waals surface area contributed by atoms with Gasteiger partial charge in [-0.2, -0.15) is 5.26 Å². The lowest BCUT2D eigenvalue weighted by Gasteiger charge is -2.34. The van der Waals surface area contributed by atoms with Crippen LogP contribution < -0.4 is 15.5 Å². The average molecular weight is 312 g/mol. The second kappa shape index (κ2) is 7.47. The van der Waals surface area contributed by atoms with Crippen molar-refractivity contribution in [1.29, 1.82) is 5.26 Å². The summed E-state index contributed by atoms with van der Waals surface area (Å²) in [7, 11) is 0. The van der Waals surface area contributed by atoms with Gasteiger partial charge in [-0.05, 0) is 62.4 Å². The van der Waals surface area contributed by atoms with E-state index in [9.17, 15) is 4.79 Å². The number of piperidine rings is 1. The van der Waals surface area contributed by atoms with Gasteiger partial charge in [0, 0.05) is 25.3 Å². The minimum atomic E-state index is 0.00761. The zero-order valence-corrected chi connectivity index (χ0v) is 13.4. The Balaban J connectivity index is 1.51. The van der Waals surface area contributed by atoms with Crippen LogP contribution in [0.5, 0.6) is 0 Å². The van der Waals surface area contributed by atoms with Crippen molar-refractivity contribution in [3.63, 3.8) is 0 Å². The molecule has 2 saturated heterocycles. The van der Waals surface area contributed by atoms with E-state index < -0.39 is 0 Å². The second-order valence-corrected chi connectivity index (χ2v) is 6.51. The van der Waals surface area contributed by atoms with Crippen molar-refractivity contribution in [3.05, 3.63) is 29.8 Å². The number of nitriles is 1. The Morgan fingerprint density at radius 2 is 2.13 bits per heavy atom. The highest BCUT2D eigenvalue weighted by molar-refractivity contribution is 5.82. The van der Waals surface area contributed by atoms with Crippen LogP contribution in [0, 0.1) is 17.2 Å². The lowest BCUT2D eigenvalue weighted by atomic mass is 9.97. The Labute approximate surface area is 137 Å². The summed E-state index contributed by atoms with van der Waals surface area (Å²) >= 11 is 0. The SMILES string of the molecule is N#Cc1ccc(N2CCCC(CNC(=O)C3CCCN3)C2)cc1. The summed E-state index contributed by atoms with van der Waals surface area (Å²) in [5, 5.41) is 15.2. The summed E-state index contributed by atoms with van der Waals surface area (Å²) in [6.45, 7) is 3.71. The predicted octanol–water partition coefficient (Wildman–Crippen LogP) is 1.64. The summed E-state index contributed by atoms with van der Waals surface area (Å²) in [6.07, 6.45) is 4.34. The van der Waals surface area contributed by atoms with Crippen LogP contribution >= 0.6 is 0 Å². The van der Waals surface area contributed by atoms with Gasteiger partial charge in [0.1, 0.15) is 0 Å². The molecular weight excluding hydrogens is 288 g/mol. The molecular formula is C18H24N4O. The van der Waals surface area contributed by atoms with Crippen molar-refractivity contribution in [2.24, 2.45) is 5.92 Å². The third-order valence-electron chi connectivity index (χ3n) is 4.82. The molecule has 122 valence electrons. The Morgan fingerprint density at radius 1 is 1.30 bits per heavy atom. The quantitative estimate of drug-likeness (QED) is 0.887. The molecule has 2 unspecified atom stereocenters. The van der Waals surface area contributed by atoms with E-state index in [0.29, 0.717) is 11.5 Å². The molecule has 2 aliphatic rings. The maximum Gasteiger partial charge on any atom is 0.237 e. The number of hydrogen-bond acceptors (Lipinski definition) is 4. The summed E-state index contributed by atoms with van der Waals surface area (Å²) in [5.41, 5.74) is 1.86. The highest BCUT2D eigenvalue weighted by atomic mass is 16.2. The van der Waals surface area contributed by atoms with Crippen molar-refractivity contribution in [2.45, 2.75) is 31.7 Å². The Hall–Kier alpha value is -2.06. The van der Waals surface area contributed by atoms with Gasteiger partial charge >= 0.3 is 0 Å². The number of hydrogen-bond donors (Lipinski definition) is 2. The minimum Gasteiger partial charge on any atom is -0.371 e. The number of rotatable bonds is 4. The number of benzene rings is 1. The Kier molecular flexibility index (Phi) is 5.14. The molecule has 2 atom stereocenters. The van der Waals surface area contributed by atoms with Crippen LogP contribution in [0.15, 0.2) is 24.3 Å². The van der Waals surface area contributed by atoms with Gasteiger partial charge in [0.25, 0.3) is 0 Å². The monoisotopic (exact) mass is 312 g/mol. The second-order valence-electron chi connectivity index (χ2n) is 6.51. The third kappa shape index (κ3) is 4.02. The van der Waals surface area contributed by atoms with Crippen molar-refractivity contribution < 1.29 is 4.79 Å². The summed E-state index contributed by atoms with van der Waals surface area (Å²) in [5.74, 6) is 0.641. The number of anilines is 1. The molecule has 0 aliphatic carbocycles. The molecule has 0 radical (unpaired) electrons. The number of nitrogens with one attached hydrogen (secondary N) is 2. The zero-order chi connectivity index (χ0) is 16.1. The van der Waals surface area contributed by atoms with Crippen LogP contribution in [-0.4, -0.2) is 38.1 Å². The van der Waals surface area contributed by atoms with Crippen molar-refractivity contribution in [3.8, 4) is 6.07 Å². The summed E-state index contributed by atoms with van der Waals surface area (Å²) in [6, 6.07) is 9.93. The lowest BCUT2D eigenvalue weighted by Crippen LogP contribution is -2.45. The molecule has 0 aromatic heterocycles. The standard InChI is InChI=1S/C18H24N4O/c19-11-14-5-7-16(8-6-14)22-10-2-3-15(13-22)12-21-18(23)17-4-1-9-20-17/h5-8,15,17,20H,1-4,9-10,12-13H2,(H,21,23). The molecule has 3 rings (SSSR count). The molecule has 5 heteroatoms. The summed E-state index contributed by atoms with van der Waals surface area (Å²) < 4.78 is 0. The number of amides is 1. The zero-order valence-electron chi connectivity index (χ0n) is 13.4. The van der Waals surface area contributed by atoms with E-state index in [0.717, 1.165) is 57.5 Å². The van der Waals surface area contributed by atoms with E-state index >= 15 is 0 Å². The maximum atomic E-state index is 12.1. The van der Waals surface area contributed by atoms with Crippen LogP contribution in [0.4, 0.5) is 5.69 Å². The molecule has 2 fully saturated rings. The first-order valence-electron chi connectivity index (χ1n) is 8.52. The van der Waals surface area contributed by atoms with E-state index in [2.05, 4.69) is 21.6 Å². The molecule has 2 heterocycles. The molecule has 2 aliphatic heterocycles. The van der Waals surface area contributed by atoms with Gasteiger partial charge in [-0.1, -0.05) is 0 Å². The minimum absolute atomic E-state index is 0.00761. The van der Waals surface area contributed by atoms with Crippen LogP contribution in [-0.2, 0) is 4.79 Å². The average Bonchev–Trinajstić information content (AvgIpc) is 3.15. The number of carbonyl (C=O) groups excluding carboxylic acids is 1. The molecule has 0 spiro atoms. The summed E-state index contributed by atoms with van der Waals surface area (Å²) in [4.78, 5) is 14.4. The van der Waals surface area contributed by atoms with Gasteiger partial charge in [0.15, 0.2) is 0 Å². The van der Waals surface area contributed by atoms with Crippen molar-refractivity contribution >= 4 is 11.6 Å². The molecule has 1 aromatic carbocycles. The van der Waals surface area contributed by atoms with Gasteiger partial charge < -0.3 is 15.5 Å². The molecule has 0 saturated carbocycles. The molecule has 1 aromatic rings. The molecule has 23 heavy (non-hydrogen) atoms. The fourth-order valence-corrected chi connectivity index (χ4v) is 3.49. The van der Waals surface area contributed by atoms with E-state index in [1.54, 1.807) is 0 Å². The number of nitrogens with zero attached hydrogens (tertiary/aromatic N) is 2. The first-order chi connectivity index (χ1) is 11.3. The first-order valence-corrected chi connectivity index (χ1v) is 8.52. The van der Waals surface area contributed by atoms with Crippen LogP contribution in [0.3, 0.4) is 0 Å². The Morgan fingerprint density at radius 3 is 2.83 bits per heavy atom. The van der Waals surface area contributed by atoms with Crippen LogP contribution in [0.1, 0.15) is 31.2 Å². The van der Waals surface area contributed by atoms with Crippen LogP contribution in [0.25, 0.3) is 0 Å². The Bertz CT molecular complexity index is 572. The number of carbonyl (C=O) groups is 1. The van der Waals surface area contributed by atoms with Gasteiger partial charge in [-0.15, -0.1) is 0 Å². The first kappa shape index (κ1) is 15.8.